The number of rotatable bonds is 7. The van der Waals surface area contributed by atoms with E-state index >= 15 is 0 Å². The van der Waals surface area contributed by atoms with Crippen LogP contribution in [0, 0.1) is 15.9 Å². The monoisotopic (exact) mass is 485 g/mol. The molecule has 13 heteroatoms. The van der Waals surface area contributed by atoms with E-state index in [0.717, 1.165) is 22.5 Å². The first kappa shape index (κ1) is 23.6. The second kappa shape index (κ2) is 9.59. The molecule has 1 atom stereocenters. The van der Waals surface area contributed by atoms with Crippen molar-refractivity contribution in [2.24, 2.45) is 0 Å². The number of esters is 1. The minimum absolute atomic E-state index is 0.0412. The Bertz CT molecular complexity index is 1160. The van der Waals surface area contributed by atoms with Crippen molar-refractivity contribution in [1.29, 1.82) is 0 Å². The summed E-state index contributed by atoms with van der Waals surface area (Å²) in [6.07, 6.45) is 0.616. The molecule has 1 saturated heterocycles. The van der Waals surface area contributed by atoms with E-state index in [1.54, 1.807) is 0 Å². The Morgan fingerprint density at radius 1 is 1.25 bits per heavy atom. The molecule has 0 saturated carbocycles. The summed E-state index contributed by atoms with van der Waals surface area (Å²) in [4.78, 5) is 34.5. The third-order valence-corrected chi connectivity index (χ3v) is 6.85. The molecule has 10 nitrogen and oxygen atoms in total. The second-order valence-electron chi connectivity index (χ2n) is 6.80. The Morgan fingerprint density at radius 2 is 1.94 bits per heavy atom. The molecule has 1 amide bonds. The van der Waals surface area contributed by atoms with Crippen LogP contribution in [0.3, 0.4) is 0 Å². The van der Waals surface area contributed by atoms with Crippen LogP contribution in [-0.4, -0.2) is 48.7 Å². The molecule has 1 aliphatic heterocycles. The molecule has 1 heterocycles. The number of benzene rings is 2. The number of carbonyl (C=O) groups is 2. The van der Waals surface area contributed by atoms with E-state index in [9.17, 15) is 32.5 Å². The highest BCUT2D eigenvalue weighted by Crippen LogP contribution is 2.27. The van der Waals surface area contributed by atoms with E-state index in [0.29, 0.717) is 11.4 Å². The van der Waals surface area contributed by atoms with E-state index in [-0.39, 0.29) is 17.9 Å². The van der Waals surface area contributed by atoms with Crippen LogP contribution < -0.4 is 5.32 Å². The Morgan fingerprint density at radius 3 is 2.59 bits per heavy atom. The first-order valence-electron chi connectivity index (χ1n) is 9.27. The predicted molar refractivity (Wildman–Crippen MR) is 111 cm³/mol. The zero-order valence-electron chi connectivity index (χ0n) is 16.4. The smallest absolute Gasteiger partial charge is 0.324 e. The SMILES string of the molecule is O=C(COC(=O)[C@@H]1CCCN1S(=O)(=O)c1ccc(Cl)cc1)Nc1cc([N+](=O)[O-])ccc1F. The molecular weight excluding hydrogens is 469 g/mol. The molecule has 2 aromatic rings. The van der Waals surface area contributed by atoms with Crippen molar-refractivity contribution in [2.75, 3.05) is 18.5 Å². The summed E-state index contributed by atoms with van der Waals surface area (Å²) in [7, 11) is -4.00. The lowest BCUT2D eigenvalue weighted by molar-refractivity contribution is -0.384. The molecule has 0 spiro atoms. The van der Waals surface area contributed by atoms with Gasteiger partial charge in [-0.3, -0.25) is 19.7 Å². The zero-order valence-corrected chi connectivity index (χ0v) is 17.9. The topological polar surface area (TPSA) is 136 Å². The number of anilines is 1. The minimum atomic E-state index is -4.00. The normalized spacial score (nSPS) is 16.5. The molecular formula is C19H17ClFN3O7S. The summed E-state index contributed by atoms with van der Waals surface area (Å²) in [5, 5.41) is 13.2. The van der Waals surface area contributed by atoms with Crippen LogP contribution in [0.5, 0.6) is 0 Å². The highest BCUT2D eigenvalue weighted by molar-refractivity contribution is 7.89. The van der Waals surface area contributed by atoms with Crippen LogP contribution in [-0.2, 0) is 24.3 Å². The van der Waals surface area contributed by atoms with Gasteiger partial charge in [-0.1, -0.05) is 11.6 Å². The van der Waals surface area contributed by atoms with Crippen molar-refractivity contribution in [3.05, 3.63) is 63.4 Å². The molecule has 0 radical (unpaired) electrons. The number of hydrogen-bond donors (Lipinski definition) is 1. The average Bonchev–Trinajstić information content (AvgIpc) is 3.25. The molecule has 3 rings (SSSR count). The maximum atomic E-state index is 13.8. The van der Waals surface area contributed by atoms with Gasteiger partial charge in [0.1, 0.15) is 11.9 Å². The molecule has 0 aromatic heterocycles. The fourth-order valence-electron chi connectivity index (χ4n) is 3.15. The number of amides is 1. The fourth-order valence-corrected chi connectivity index (χ4v) is 4.92. The third-order valence-electron chi connectivity index (χ3n) is 4.68. The molecule has 0 aliphatic carbocycles. The lowest BCUT2D eigenvalue weighted by Crippen LogP contribution is -2.42. The number of hydrogen-bond acceptors (Lipinski definition) is 7. The Hall–Kier alpha value is -3.09. The van der Waals surface area contributed by atoms with Gasteiger partial charge in [-0.05, 0) is 43.2 Å². The number of nitrogens with zero attached hydrogens (tertiary/aromatic N) is 2. The minimum Gasteiger partial charge on any atom is -0.454 e. The fraction of sp³-hybridized carbons (Fsp3) is 0.263. The van der Waals surface area contributed by atoms with E-state index in [1.165, 1.54) is 24.3 Å². The number of carbonyl (C=O) groups excluding carboxylic acids is 2. The van der Waals surface area contributed by atoms with Gasteiger partial charge in [-0.15, -0.1) is 0 Å². The van der Waals surface area contributed by atoms with Crippen LogP contribution >= 0.6 is 11.6 Å². The first-order valence-corrected chi connectivity index (χ1v) is 11.1. The molecule has 2 aromatic carbocycles. The van der Waals surface area contributed by atoms with Crippen molar-refractivity contribution in [3.63, 3.8) is 0 Å². The number of non-ortho nitro benzene ring substituents is 1. The highest BCUT2D eigenvalue weighted by atomic mass is 35.5. The van der Waals surface area contributed by atoms with Gasteiger partial charge in [-0.25, -0.2) is 12.8 Å². The predicted octanol–water partition coefficient (Wildman–Crippen LogP) is 2.72. The number of halogens is 2. The van der Waals surface area contributed by atoms with Crippen LogP contribution in [0.25, 0.3) is 0 Å². The highest BCUT2D eigenvalue weighted by Gasteiger charge is 2.40. The average molecular weight is 486 g/mol. The van der Waals surface area contributed by atoms with E-state index in [2.05, 4.69) is 5.32 Å². The van der Waals surface area contributed by atoms with Gasteiger partial charge >= 0.3 is 5.97 Å². The summed E-state index contributed by atoms with van der Waals surface area (Å²) >= 11 is 5.79. The lowest BCUT2D eigenvalue weighted by atomic mass is 10.2. The van der Waals surface area contributed by atoms with E-state index < -0.39 is 56.7 Å². The molecule has 1 fully saturated rings. The van der Waals surface area contributed by atoms with Gasteiger partial charge in [-0.2, -0.15) is 4.31 Å². The van der Waals surface area contributed by atoms with Gasteiger partial charge in [0.25, 0.3) is 11.6 Å². The lowest BCUT2D eigenvalue weighted by Gasteiger charge is -2.22. The molecule has 1 aliphatic rings. The van der Waals surface area contributed by atoms with E-state index in [1.807, 2.05) is 0 Å². The van der Waals surface area contributed by atoms with Gasteiger partial charge < -0.3 is 10.1 Å². The number of nitro groups is 1. The van der Waals surface area contributed by atoms with Gasteiger partial charge in [0.15, 0.2) is 6.61 Å². The van der Waals surface area contributed by atoms with Crippen molar-refractivity contribution >= 4 is 44.9 Å². The maximum absolute atomic E-state index is 13.8. The maximum Gasteiger partial charge on any atom is 0.324 e. The third kappa shape index (κ3) is 5.21. The van der Waals surface area contributed by atoms with Crippen LogP contribution in [0.1, 0.15) is 12.8 Å². The molecule has 0 bridgehead atoms. The largest absolute Gasteiger partial charge is 0.454 e. The van der Waals surface area contributed by atoms with Crippen LogP contribution in [0.4, 0.5) is 15.8 Å². The Kier molecular flexibility index (Phi) is 7.06. The summed E-state index contributed by atoms with van der Waals surface area (Å²) in [6, 6.07) is 6.91. The zero-order chi connectivity index (χ0) is 23.5. The summed E-state index contributed by atoms with van der Waals surface area (Å²) in [6.45, 7) is -0.734. The summed E-state index contributed by atoms with van der Waals surface area (Å²) in [5.41, 5.74) is -0.888. The van der Waals surface area contributed by atoms with E-state index in [4.69, 9.17) is 16.3 Å². The molecule has 1 N–H and O–H groups in total. The van der Waals surface area contributed by atoms with Crippen molar-refractivity contribution in [2.45, 2.75) is 23.8 Å². The van der Waals surface area contributed by atoms with Gasteiger partial charge in [0.05, 0.1) is 15.5 Å². The van der Waals surface area contributed by atoms with Crippen molar-refractivity contribution in [1.82, 2.24) is 4.31 Å². The number of sulfonamides is 1. The quantitative estimate of drug-likeness (QED) is 0.361. The van der Waals surface area contributed by atoms with Crippen molar-refractivity contribution in [3.8, 4) is 0 Å². The van der Waals surface area contributed by atoms with Gasteiger partial charge in [0.2, 0.25) is 10.0 Å². The second-order valence-corrected chi connectivity index (χ2v) is 9.13. The van der Waals surface area contributed by atoms with Crippen molar-refractivity contribution < 1.29 is 32.1 Å². The number of ether oxygens (including phenoxy) is 1. The number of nitro benzene ring substituents is 1. The molecule has 0 unspecified atom stereocenters. The molecule has 32 heavy (non-hydrogen) atoms. The summed E-state index contributed by atoms with van der Waals surface area (Å²) < 4.78 is 45.4. The first-order chi connectivity index (χ1) is 15.1. The Labute approximate surface area is 187 Å². The van der Waals surface area contributed by atoms with Crippen LogP contribution in [0.15, 0.2) is 47.4 Å². The number of nitrogens with one attached hydrogen (secondary N) is 1. The van der Waals surface area contributed by atoms with Crippen LogP contribution in [0.2, 0.25) is 5.02 Å². The standard InChI is InChI=1S/C19H17ClFN3O7S/c20-12-3-6-14(7-4-12)32(29,30)23-9-1-2-17(23)19(26)31-11-18(25)22-16-10-13(24(27)28)5-8-15(16)21/h3-8,10,17H,1-2,9,11H2,(H,22,25)/t17-/m0/s1. The Balaban J connectivity index is 1.64. The van der Waals surface area contributed by atoms with Gasteiger partial charge in [0, 0.05) is 23.7 Å². The molecule has 170 valence electrons. The summed E-state index contributed by atoms with van der Waals surface area (Å²) in [5.74, 6) is -2.79.